The van der Waals surface area contributed by atoms with Crippen LogP contribution in [0.25, 0.3) is 0 Å². The molecule has 1 saturated heterocycles. The number of hydrogen-bond donors (Lipinski definition) is 1. The molecule has 2 rings (SSSR count). The van der Waals surface area contributed by atoms with Crippen LogP contribution in [-0.2, 0) is 6.42 Å². The number of benzene rings is 1. The van der Waals surface area contributed by atoms with Crippen molar-refractivity contribution in [3.63, 3.8) is 0 Å². The molecule has 1 atom stereocenters. The smallest absolute Gasteiger partial charge is 0.177 e. The lowest BCUT2D eigenvalue weighted by Crippen LogP contribution is -2.24. The van der Waals surface area contributed by atoms with Gasteiger partial charge in [0, 0.05) is 6.04 Å². The first-order chi connectivity index (χ1) is 8.67. The molecule has 0 bridgehead atoms. The third kappa shape index (κ3) is 2.62. The lowest BCUT2D eigenvalue weighted by molar-refractivity contribution is 0.348. The molecule has 1 aliphatic rings. The Morgan fingerprint density at radius 1 is 1.44 bits per heavy atom. The van der Waals surface area contributed by atoms with Gasteiger partial charge in [0.05, 0.1) is 18.7 Å². The van der Waals surface area contributed by atoms with E-state index in [0.717, 1.165) is 19.4 Å². The van der Waals surface area contributed by atoms with Crippen molar-refractivity contribution in [2.45, 2.75) is 25.3 Å². The molecular weight excluding hydrogens is 301 g/mol. The first-order valence-corrected chi connectivity index (χ1v) is 6.79. The van der Waals surface area contributed by atoms with Gasteiger partial charge in [-0.2, -0.15) is 0 Å². The minimum atomic E-state index is -0.263. The van der Waals surface area contributed by atoms with Crippen LogP contribution in [0.3, 0.4) is 0 Å². The van der Waals surface area contributed by atoms with Crippen molar-refractivity contribution >= 4 is 15.9 Å². The highest BCUT2D eigenvalue weighted by Crippen LogP contribution is 2.39. The summed E-state index contributed by atoms with van der Waals surface area (Å²) in [4.78, 5) is 0. The fraction of sp³-hybridized carbons (Fsp3) is 0.538. The van der Waals surface area contributed by atoms with Crippen LogP contribution in [-0.4, -0.2) is 26.8 Å². The molecule has 0 saturated carbocycles. The van der Waals surface area contributed by atoms with E-state index in [-0.39, 0.29) is 5.82 Å². The van der Waals surface area contributed by atoms with E-state index in [9.17, 15) is 4.39 Å². The van der Waals surface area contributed by atoms with Gasteiger partial charge >= 0.3 is 0 Å². The zero-order chi connectivity index (χ0) is 13.1. The summed E-state index contributed by atoms with van der Waals surface area (Å²) in [6.07, 6.45) is 2.91. The molecule has 1 aromatic rings. The van der Waals surface area contributed by atoms with Gasteiger partial charge < -0.3 is 14.8 Å². The molecule has 1 heterocycles. The second kappa shape index (κ2) is 5.89. The van der Waals surface area contributed by atoms with Gasteiger partial charge in [0.15, 0.2) is 11.5 Å². The minimum Gasteiger partial charge on any atom is -0.493 e. The molecular formula is C13H17BrFNO2. The van der Waals surface area contributed by atoms with Gasteiger partial charge in [0.25, 0.3) is 0 Å². The van der Waals surface area contributed by atoms with Gasteiger partial charge in [-0.25, -0.2) is 4.39 Å². The van der Waals surface area contributed by atoms with Crippen LogP contribution in [0.1, 0.15) is 18.4 Å². The number of rotatable bonds is 4. The van der Waals surface area contributed by atoms with Crippen LogP contribution < -0.4 is 14.8 Å². The monoisotopic (exact) mass is 317 g/mol. The maximum atomic E-state index is 14.2. The number of methoxy groups -OCH3 is 2. The van der Waals surface area contributed by atoms with Gasteiger partial charge in [-0.1, -0.05) is 0 Å². The van der Waals surface area contributed by atoms with E-state index in [1.165, 1.54) is 7.11 Å². The molecule has 1 aromatic carbocycles. The summed E-state index contributed by atoms with van der Waals surface area (Å²) < 4.78 is 24.9. The molecule has 0 radical (unpaired) electrons. The molecule has 1 fully saturated rings. The van der Waals surface area contributed by atoms with Gasteiger partial charge in [-0.3, -0.25) is 0 Å². The Labute approximate surface area is 115 Å². The molecule has 18 heavy (non-hydrogen) atoms. The summed E-state index contributed by atoms with van der Waals surface area (Å²) in [5.41, 5.74) is 0.652. The van der Waals surface area contributed by atoms with E-state index in [1.807, 2.05) is 0 Å². The maximum Gasteiger partial charge on any atom is 0.177 e. The van der Waals surface area contributed by atoms with Crippen LogP contribution in [0.4, 0.5) is 4.39 Å². The van der Waals surface area contributed by atoms with E-state index in [2.05, 4.69) is 21.2 Å². The summed E-state index contributed by atoms with van der Waals surface area (Å²) in [6, 6.07) is 2.07. The Balaban J connectivity index is 2.32. The molecule has 0 aromatic heterocycles. The van der Waals surface area contributed by atoms with Crippen molar-refractivity contribution in [1.29, 1.82) is 0 Å². The van der Waals surface area contributed by atoms with E-state index in [1.54, 1.807) is 13.2 Å². The van der Waals surface area contributed by atoms with Crippen molar-refractivity contribution < 1.29 is 13.9 Å². The topological polar surface area (TPSA) is 30.5 Å². The highest BCUT2D eigenvalue weighted by molar-refractivity contribution is 9.10. The predicted molar refractivity (Wildman–Crippen MR) is 71.9 cm³/mol. The van der Waals surface area contributed by atoms with Gasteiger partial charge in [-0.05, 0) is 53.4 Å². The lowest BCUT2D eigenvalue weighted by atomic mass is 10.0. The maximum absolute atomic E-state index is 14.2. The number of hydrogen-bond acceptors (Lipinski definition) is 3. The van der Waals surface area contributed by atoms with Crippen molar-refractivity contribution in [2.24, 2.45) is 0 Å². The van der Waals surface area contributed by atoms with Crippen LogP contribution in [0.15, 0.2) is 10.5 Å². The first kappa shape index (κ1) is 13.6. The number of ether oxygens (including phenoxy) is 2. The summed E-state index contributed by atoms with van der Waals surface area (Å²) in [6.45, 7) is 1.01. The second-order valence-corrected chi connectivity index (χ2v) is 5.19. The summed E-state index contributed by atoms with van der Waals surface area (Å²) in [7, 11) is 3.06. The standard InChI is InChI=1S/C13H17BrFNO2/c1-17-10-7-8(6-9-4-3-5-16-9)12(15)11(14)13(10)18-2/h7,9,16H,3-6H2,1-2H3. The van der Waals surface area contributed by atoms with Crippen molar-refractivity contribution in [3.8, 4) is 11.5 Å². The average molecular weight is 318 g/mol. The number of nitrogens with one attached hydrogen (secondary N) is 1. The Kier molecular flexibility index (Phi) is 4.45. The molecule has 0 aliphatic carbocycles. The normalized spacial score (nSPS) is 19.0. The van der Waals surface area contributed by atoms with E-state index >= 15 is 0 Å². The van der Waals surface area contributed by atoms with E-state index in [0.29, 0.717) is 34.0 Å². The number of halogens is 2. The first-order valence-electron chi connectivity index (χ1n) is 5.99. The Bertz CT molecular complexity index is 433. The lowest BCUT2D eigenvalue weighted by Gasteiger charge is -2.16. The minimum absolute atomic E-state index is 0.263. The fourth-order valence-corrected chi connectivity index (χ4v) is 2.93. The zero-order valence-electron chi connectivity index (χ0n) is 10.6. The van der Waals surface area contributed by atoms with Crippen LogP contribution >= 0.6 is 15.9 Å². The highest BCUT2D eigenvalue weighted by atomic mass is 79.9. The summed E-state index contributed by atoms with van der Waals surface area (Å²) in [5.74, 6) is 0.693. The van der Waals surface area contributed by atoms with Crippen LogP contribution in [0.2, 0.25) is 0 Å². The van der Waals surface area contributed by atoms with Crippen LogP contribution in [0.5, 0.6) is 11.5 Å². The van der Waals surface area contributed by atoms with Gasteiger partial charge in [-0.15, -0.1) is 0 Å². The molecule has 1 N–H and O–H groups in total. The fourth-order valence-electron chi connectivity index (χ4n) is 2.32. The van der Waals surface area contributed by atoms with E-state index in [4.69, 9.17) is 9.47 Å². The molecule has 1 aliphatic heterocycles. The molecule has 5 heteroatoms. The van der Waals surface area contributed by atoms with Gasteiger partial charge in [0.1, 0.15) is 5.82 Å². The molecule has 0 spiro atoms. The molecule has 3 nitrogen and oxygen atoms in total. The molecule has 1 unspecified atom stereocenters. The zero-order valence-corrected chi connectivity index (χ0v) is 12.1. The third-order valence-corrected chi connectivity index (χ3v) is 3.96. The van der Waals surface area contributed by atoms with Crippen LogP contribution in [0, 0.1) is 5.82 Å². The third-order valence-electron chi connectivity index (χ3n) is 3.26. The Hall–Kier alpha value is -0.810. The molecule has 0 amide bonds. The Morgan fingerprint density at radius 2 is 2.22 bits per heavy atom. The molecule has 100 valence electrons. The highest BCUT2D eigenvalue weighted by Gasteiger charge is 2.21. The van der Waals surface area contributed by atoms with Crippen molar-refractivity contribution in [1.82, 2.24) is 5.32 Å². The second-order valence-electron chi connectivity index (χ2n) is 4.40. The summed E-state index contributed by atoms with van der Waals surface area (Å²) in [5, 5.41) is 3.36. The van der Waals surface area contributed by atoms with Crippen molar-refractivity contribution in [3.05, 3.63) is 21.9 Å². The predicted octanol–water partition coefficient (Wildman–Crippen LogP) is 2.90. The summed E-state index contributed by atoms with van der Waals surface area (Å²) >= 11 is 3.23. The van der Waals surface area contributed by atoms with Gasteiger partial charge in [0.2, 0.25) is 0 Å². The van der Waals surface area contributed by atoms with Crippen molar-refractivity contribution in [2.75, 3.05) is 20.8 Å². The SMILES string of the molecule is COc1cc(CC2CCCN2)c(F)c(Br)c1OC. The largest absolute Gasteiger partial charge is 0.493 e. The quantitative estimate of drug-likeness (QED) is 0.926. The average Bonchev–Trinajstić information content (AvgIpc) is 2.87. The Morgan fingerprint density at radius 3 is 2.78 bits per heavy atom. The van der Waals surface area contributed by atoms with E-state index < -0.39 is 0 Å².